The second-order valence-electron chi connectivity index (χ2n) is 4.39. The minimum atomic E-state index is 0.653. The van der Waals surface area contributed by atoms with E-state index in [4.69, 9.17) is 9.47 Å². The highest BCUT2D eigenvalue weighted by molar-refractivity contribution is 6.11. The summed E-state index contributed by atoms with van der Waals surface area (Å²) in [7, 11) is 1.72. The van der Waals surface area contributed by atoms with Crippen molar-refractivity contribution in [2.75, 3.05) is 13.7 Å². The Kier molecular flexibility index (Phi) is 3.00. The van der Waals surface area contributed by atoms with E-state index < -0.39 is 0 Å². The Bertz CT molecular complexity index is 675. The van der Waals surface area contributed by atoms with Crippen molar-refractivity contribution in [3.05, 3.63) is 48.5 Å². The van der Waals surface area contributed by atoms with Crippen molar-refractivity contribution in [1.29, 1.82) is 0 Å². The monoisotopic (exact) mass is 252 g/mol. The van der Waals surface area contributed by atoms with Gasteiger partial charge >= 0.3 is 0 Å². The van der Waals surface area contributed by atoms with Gasteiger partial charge in [0.2, 0.25) is 0 Å². The molecule has 0 fully saturated rings. The zero-order valence-electron chi connectivity index (χ0n) is 11.1. The van der Waals surface area contributed by atoms with Crippen molar-refractivity contribution < 1.29 is 9.47 Å². The van der Waals surface area contributed by atoms with Crippen LogP contribution in [0.2, 0.25) is 0 Å². The van der Waals surface area contributed by atoms with Gasteiger partial charge in [-0.1, -0.05) is 48.5 Å². The molecule has 2 heteroatoms. The second-order valence-corrected chi connectivity index (χ2v) is 4.39. The van der Waals surface area contributed by atoms with Gasteiger partial charge in [0.1, 0.15) is 11.5 Å². The number of methoxy groups -OCH3 is 1. The van der Waals surface area contributed by atoms with Gasteiger partial charge < -0.3 is 9.47 Å². The third-order valence-electron chi connectivity index (χ3n) is 3.33. The number of ether oxygens (including phenoxy) is 2. The Morgan fingerprint density at radius 2 is 1.16 bits per heavy atom. The first kappa shape index (κ1) is 11.8. The maximum atomic E-state index is 5.88. The highest BCUT2D eigenvalue weighted by atomic mass is 16.5. The fraction of sp³-hybridized carbons (Fsp3) is 0.176. The van der Waals surface area contributed by atoms with E-state index >= 15 is 0 Å². The Morgan fingerprint density at radius 1 is 0.737 bits per heavy atom. The molecule has 2 nitrogen and oxygen atoms in total. The van der Waals surface area contributed by atoms with Crippen LogP contribution in [0.3, 0.4) is 0 Å². The molecule has 96 valence electrons. The number of hydrogen-bond acceptors (Lipinski definition) is 2. The van der Waals surface area contributed by atoms with Crippen LogP contribution in [-0.2, 0) is 0 Å². The van der Waals surface area contributed by atoms with E-state index in [9.17, 15) is 0 Å². The summed E-state index contributed by atoms with van der Waals surface area (Å²) >= 11 is 0. The first-order valence-electron chi connectivity index (χ1n) is 6.47. The van der Waals surface area contributed by atoms with E-state index in [1.54, 1.807) is 7.11 Å². The third kappa shape index (κ3) is 1.80. The summed E-state index contributed by atoms with van der Waals surface area (Å²) in [5.41, 5.74) is 0. The molecule has 0 aliphatic heterocycles. The minimum Gasteiger partial charge on any atom is -0.495 e. The lowest BCUT2D eigenvalue weighted by atomic mass is 10.0. The summed E-state index contributed by atoms with van der Waals surface area (Å²) in [5, 5.41) is 4.37. The van der Waals surface area contributed by atoms with Crippen LogP contribution in [0.25, 0.3) is 21.5 Å². The largest absolute Gasteiger partial charge is 0.495 e. The standard InChI is InChI=1S/C17H16O2/c1-3-19-17-14-10-6-4-8-12(14)16(18-2)13-9-5-7-11-15(13)17/h4-11H,3H2,1-2H3. The van der Waals surface area contributed by atoms with Crippen LogP contribution in [0.4, 0.5) is 0 Å². The lowest BCUT2D eigenvalue weighted by Gasteiger charge is -2.15. The second kappa shape index (κ2) is 4.81. The average molecular weight is 252 g/mol. The zero-order valence-corrected chi connectivity index (χ0v) is 11.1. The molecule has 3 rings (SSSR count). The van der Waals surface area contributed by atoms with Crippen LogP contribution in [0.15, 0.2) is 48.5 Å². The van der Waals surface area contributed by atoms with E-state index in [1.807, 2.05) is 31.2 Å². The Hall–Kier alpha value is -2.22. The normalized spacial score (nSPS) is 10.8. The first-order valence-corrected chi connectivity index (χ1v) is 6.47. The molecule has 3 aromatic rings. The van der Waals surface area contributed by atoms with Crippen molar-refractivity contribution in [3.8, 4) is 11.5 Å². The van der Waals surface area contributed by atoms with E-state index in [0.29, 0.717) is 6.61 Å². The summed E-state index contributed by atoms with van der Waals surface area (Å²) in [4.78, 5) is 0. The molecular weight excluding hydrogens is 236 g/mol. The summed E-state index contributed by atoms with van der Waals surface area (Å²) < 4.78 is 11.5. The number of rotatable bonds is 3. The van der Waals surface area contributed by atoms with Gasteiger partial charge in [0, 0.05) is 21.5 Å². The number of fused-ring (bicyclic) bond motifs is 2. The molecule has 0 unspecified atom stereocenters. The molecule has 3 aromatic carbocycles. The first-order chi connectivity index (χ1) is 9.36. The van der Waals surface area contributed by atoms with E-state index in [2.05, 4.69) is 24.3 Å². The van der Waals surface area contributed by atoms with Crippen molar-refractivity contribution in [1.82, 2.24) is 0 Å². The van der Waals surface area contributed by atoms with E-state index in [0.717, 1.165) is 33.0 Å². The van der Waals surface area contributed by atoms with Crippen LogP contribution >= 0.6 is 0 Å². The topological polar surface area (TPSA) is 18.5 Å². The van der Waals surface area contributed by atoms with Gasteiger partial charge in [0.25, 0.3) is 0 Å². The average Bonchev–Trinajstić information content (AvgIpc) is 2.47. The Morgan fingerprint density at radius 3 is 1.53 bits per heavy atom. The van der Waals surface area contributed by atoms with Gasteiger partial charge in [0.15, 0.2) is 0 Å². The fourth-order valence-electron chi connectivity index (χ4n) is 2.57. The maximum Gasteiger partial charge on any atom is 0.135 e. The maximum absolute atomic E-state index is 5.88. The Balaban J connectivity index is 2.53. The molecule has 0 spiro atoms. The lowest BCUT2D eigenvalue weighted by Crippen LogP contribution is -1.96. The smallest absolute Gasteiger partial charge is 0.135 e. The zero-order chi connectivity index (χ0) is 13.2. The quantitative estimate of drug-likeness (QED) is 0.643. The lowest BCUT2D eigenvalue weighted by molar-refractivity contribution is 0.348. The molecule has 0 atom stereocenters. The van der Waals surface area contributed by atoms with Crippen LogP contribution < -0.4 is 9.47 Å². The van der Waals surface area contributed by atoms with Gasteiger partial charge in [-0.3, -0.25) is 0 Å². The van der Waals surface area contributed by atoms with Crippen LogP contribution in [0.1, 0.15) is 6.92 Å². The third-order valence-corrected chi connectivity index (χ3v) is 3.33. The van der Waals surface area contributed by atoms with Gasteiger partial charge in [-0.05, 0) is 6.92 Å². The highest BCUT2D eigenvalue weighted by Crippen LogP contribution is 2.42. The fourth-order valence-corrected chi connectivity index (χ4v) is 2.57. The van der Waals surface area contributed by atoms with Crippen LogP contribution in [0, 0.1) is 0 Å². The Labute approximate surface area is 112 Å². The number of benzene rings is 3. The molecule has 0 saturated carbocycles. The van der Waals surface area contributed by atoms with E-state index in [1.165, 1.54) is 0 Å². The minimum absolute atomic E-state index is 0.653. The molecule has 0 aromatic heterocycles. The summed E-state index contributed by atoms with van der Waals surface area (Å²) in [5.74, 6) is 1.85. The molecule has 0 heterocycles. The summed E-state index contributed by atoms with van der Waals surface area (Å²) in [6.07, 6.45) is 0. The van der Waals surface area contributed by atoms with Gasteiger partial charge in [-0.15, -0.1) is 0 Å². The molecule has 0 saturated heterocycles. The van der Waals surface area contributed by atoms with Crippen molar-refractivity contribution in [2.45, 2.75) is 6.92 Å². The van der Waals surface area contributed by atoms with Gasteiger partial charge in [-0.25, -0.2) is 0 Å². The van der Waals surface area contributed by atoms with Gasteiger partial charge in [-0.2, -0.15) is 0 Å². The summed E-state index contributed by atoms with van der Waals surface area (Å²) in [6, 6.07) is 16.4. The molecular formula is C17H16O2. The van der Waals surface area contributed by atoms with Crippen molar-refractivity contribution >= 4 is 21.5 Å². The highest BCUT2D eigenvalue weighted by Gasteiger charge is 2.14. The molecule has 0 N–H and O–H groups in total. The predicted molar refractivity (Wildman–Crippen MR) is 79.2 cm³/mol. The van der Waals surface area contributed by atoms with E-state index in [-0.39, 0.29) is 0 Å². The SMILES string of the molecule is CCOc1c2ccccc2c(OC)c2ccccc12. The van der Waals surface area contributed by atoms with Gasteiger partial charge in [0.05, 0.1) is 13.7 Å². The van der Waals surface area contributed by atoms with Crippen molar-refractivity contribution in [3.63, 3.8) is 0 Å². The molecule has 0 aliphatic rings. The number of hydrogen-bond donors (Lipinski definition) is 0. The molecule has 0 amide bonds. The molecule has 19 heavy (non-hydrogen) atoms. The van der Waals surface area contributed by atoms with Crippen molar-refractivity contribution in [2.24, 2.45) is 0 Å². The predicted octanol–water partition coefficient (Wildman–Crippen LogP) is 4.40. The molecule has 0 bridgehead atoms. The molecule has 0 aliphatic carbocycles. The van der Waals surface area contributed by atoms with Crippen LogP contribution in [0.5, 0.6) is 11.5 Å². The molecule has 0 radical (unpaired) electrons. The van der Waals surface area contributed by atoms with Crippen LogP contribution in [-0.4, -0.2) is 13.7 Å². The summed E-state index contributed by atoms with van der Waals surface area (Å²) in [6.45, 7) is 2.66.